The van der Waals surface area contributed by atoms with E-state index in [1.54, 1.807) is 0 Å². The summed E-state index contributed by atoms with van der Waals surface area (Å²) in [6, 6.07) is 10.4. The van der Waals surface area contributed by atoms with Gasteiger partial charge >= 0.3 is 0 Å². The van der Waals surface area contributed by atoms with Gasteiger partial charge in [-0.05, 0) is 25.8 Å². The van der Waals surface area contributed by atoms with Crippen LogP contribution in [0.25, 0.3) is 0 Å². The molecule has 2 saturated heterocycles. The second-order valence-electron chi connectivity index (χ2n) is 5.62. The molecule has 0 aromatic heterocycles. The van der Waals surface area contributed by atoms with Crippen molar-refractivity contribution >= 4 is 0 Å². The zero-order valence-electron chi connectivity index (χ0n) is 11.0. The van der Waals surface area contributed by atoms with E-state index < -0.39 is 5.97 Å². The van der Waals surface area contributed by atoms with Crippen molar-refractivity contribution in [2.45, 2.75) is 50.8 Å². The minimum absolute atomic E-state index is 0.155. The molecule has 2 heterocycles. The van der Waals surface area contributed by atoms with Crippen molar-refractivity contribution in [3.63, 3.8) is 0 Å². The van der Waals surface area contributed by atoms with Gasteiger partial charge in [0.15, 0.2) is 0 Å². The van der Waals surface area contributed by atoms with Crippen LogP contribution in [-0.4, -0.2) is 24.3 Å². The highest BCUT2D eigenvalue weighted by Crippen LogP contribution is 2.44. The van der Waals surface area contributed by atoms with Gasteiger partial charge in [-0.1, -0.05) is 30.3 Å². The zero-order chi connectivity index (χ0) is 12.6. The Balaban J connectivity index is 1.69. The molecule has 18 heavy (non-hydrogen) atoms. The molecule has 2 aliphatic rings. The van der Waals surface area contributed by atoms with Gasteiger partial charge in [0, 0.05) is 12.8 Å². The number of hydrogen-bond donors (Lipinski definition) is 0. The summed E-state index contributed by atoms with van der Waals surface area (Å²) in [5.74, 6) is -0.817. The van der Waals surface area contributed by atoms with Crippen molar-refractivity contribution < 1.29 is 14.2 Å². The van der Waals surface area contributed by atoms with Crippen molar-refractivity contribution in [2.75, 3.05) is 6.61 Å². The lowest BCUT2D eigenvalue weighted by Crippen LogP contribution is -2.39. The molecule has 0 spiro atoms. The van der Waals surface area contributed by atoms with Gasteiger partial charge in [0.2, 0.25) is 0 Å². The highest BCUT2D eigenvalue weighted by atomic mass is 16.9. The summed E-state index contributed by atoms with van der Waals surface area (Å²) in [5.41, 5.74) is 1.04. The Kier molecular flexibility index (Phi) is 2.93. The molecule has 98 valence electrons. The Labute approximate surface area is 108 Å². The fraction of sp³-hybridized carbons (Fsp3) is 0.600. The van der Waals surface area contributed by atoms with E-state index in [9.17, 15) is 0 Å². The van der Waals surface area contributed by atoms with Gasteiger partial charge in [0.25, 0.3) is 5.97 Å². The predicted molar refractivity (Wildman–Crippen MR) is 68.1 cm³/mol. The molecule has 3 heteroatoms. The van der Waals surface area contributed by atoms with Crippen LogP contribution in [0.1, 0.15) is 32.3 Å². The third kappa shape index (κ3) is 2.18. The summed E-state index contributed by atoms with van der Waals surface area (Å²) in [6.45, 7) is 4.89. The van der Waals surface area contributed by atoms with E-state index in [4.69, 9.17) is 14.2 Å². The normalized spacial score (nSPS) is 33.6. The zero-order valence-corrected chi connectivity index (χ0v) is 11.0. The van der Waals surface area contributed by atoms with Gasteiger partial charge in [-0.2, -0.15) is 0 Å². The number of benzene rings is 1. The number of aryl methyl sites for hydroxylation is 1. The van der Waals surface area contributed by atoms with Crippen LogP contribution in [0.2, 0.25) is 0 Å². The van der Waals surface area contributed by atoms with Crippen molar-refractivity contribution in [2.24, 2.45) is 0 Å². The Bertz CT molecular complexity index is 415. The molecular formula is C15H20O3. The van der Waals surface area contributed by atoms with Crippen molar-refractivity contribution in [1.29, 1.82) is 0 Å². The van der Waals surface area contributed by atoms with Crippen molar-refractivity contribution in [3.05, 3.63) is 35.9 Å². The van der Waals surface area contributed by atoms with Crippen LogP contribution in [0.5, 0.6) is 0 Å². The van der Waals surface area contributed by atoms with E-state index in [1.807, 2.05) is 6.07 Å². The summed E-state index contributed by atoms with van der Waals surface area (Å²) in [4.78, 5) is 0. The van der Waals surface area contributed by atoms with Gasteiger partial charge in [-0.3, -0.25) is 0 Å². The number of rotatable bonds is 3. The second kappa shape index (κ2) is 4.34. The molecular weight excluding hydrogens is 228 g/mol. The highest BCUT2D eigenvalue weighted by molar-refractivity contribution is 5.15. The summed E-state index contributed by atoms with van der Waals surface area (Å²) >= 11 is 0. The Morgan fingerprint density at radius 1 is 1.22 bits per heavy atom. The van der Waals surface area contributed by atoms with Gasteiger partial charge < -0.3 is 14.2 Å². The second-order valence-corrected chi connectivity index (χ2v) is 5.62. The first-order valence-corrected chi connectivity index (χ1v) is 6.66. The largest absolute Gasteiger partial charge is 0.327 e. The van der Waals surface area contributed by atoms with Crippen LogP contribution in [0.15, 0.2) is 30.3 Å². The minimum atomic E-state index is -0.817. The predicted octanol–water partition coefficient (Wildman–Crippen LogP) is 2.89. The molecule has 0 N–H and O–H groups in total. The lowest BCUT2D eigenvalue weighted by atomic mass is 10.00. The Morgan fingerprint density at radius 3 is 2.78 bits per heavy atom. The van der Waals surface area contributed by atoms with Crippen LogP contribution in [-0.2, 0) is 20.6 Å². The van der Waals surface area contributed by atoms with E-state index in [2.05, 4.69) is 38.1 Å². The average molecular weight is 248 g/mol. The third-order valence-corrected chi connectivity index (χ3v) is 3.78. The molecule has 0 saturated carbocycles. The summed E-state index contributed by atoms with van der Waals surface area (Å²) in [7, 11) is 0. The van der Waals surface area contributed by atoms with E-state index in [0.717, 1.165) is 25.9 Å². The van der Waals surface area contributed by atoms with Crippen LogP contribution in [0.4, 0.5) is 0 Å². The molecule has 2 fully saturated rings. The maximum Gasteiger partial charge on any atom is 0.284 e. The van der Waals surface area contributed by atoms with Crippen molar-refractivity contribution in [1.82, 2.24) is 0 Å². The third-order valence-electron chi connectivity index (χ3n) is 3.78. The minimum Gasteiger partial charge on any atom is -0.327 e. The molecule has 2 unspecified atom stereocenters. The molecule has 0 aliphatic carbocycles. The van der Waals surface area contributed by atoms with Gasteiger partial charge in [0.05, 0.1) is 18.3 Å². The van der Waals surface area contributed by atoms with Crippen LogP contribution >= 0.6 is 0 Å². The quantitative estimate of drug-likeness (QED) is 0.823. The lowest BCUT2D eigenvalue weighted by Gasteiger charge is -2.31. The molecule has 3 rings (SSSR count). The van der Waals surface area contributed by atoms with Gasteiger partial charge in [0.1, 0.15) is 0 Å². The topological polar surface area (TPSA) is 27.7 Å². The van der Waals surface area contributed by atoms with Crippen LogP contribution in [0, 0.1) is 0 Å². The Morgan fingerprint density at radius 2 is 2.00 bits per heavy atom. The molecule has 0 radical (unpaired) electrons. The molecule has 2 aliphatic heterocycles. The van der Waals surface area contributed by atoms with E-state index in [0.29, 0.717) is 0 Å². The smallest absolute Gasteiger partial charge is 0.284 e. The molecule has 3 nitrogen and oxygen atoms in total. The number of hydrogen-bond acceptors (Lipinski definition) is 3. The van der Waals surface area contributed by atoms with Crippen LogP contribution < -0.4 is 0 Å². The highest BCUT2D eigenvalue weighted by Gasteiger charge is 2.55. The molecule has 2 bridgehead atoms. The van der Waals surface area contributed by atoms with Gasteiger partial charge in [-0.25, -0.2) is 0 Å². The van der Waals surface area contributed by atoms with E-state index >= 15 is 0 Å². The molecule has 0 amide bonds. The first-order chi connectivity index (χ1) is 8.60. The average Bonchev–Trinajstić information content (AvgIpc) is 2.55. The maximum atomic E-state index is 6.04. The summed E-state index contributed by atoms with van der Waals surface area (Å²) < 4.78 is 17.8. The fourth-order valence-electron chi connectivity index (χ4n) is 2.76. The first-order valence-electron chi connectivity index (χ1n) is 6.66. The molecule has 1 aromatic rings. The SMILES string of the molecule is CC1(C)OC2(CCc3ccccc3)OCCC1O2. The first kappa shape index (κ1) is 12.2. The fourth-order valence-corrected chi connectivity index (χ4v) is 2.76. The number of fused-ring (bicyclic) bond motifs is 2. The van der Waals surface area contributed by atoms with Crippen molar-refractivity contribution in [3.8, 4) is 0 Å². The van der Waals surface area contributed by atoms with Crippen LogP contribution in [0.3, 0.4) is 0 Å². The Hall–Kier alpha value is -0.900. The molecule has 2 atom stereocenters. The summed E-state index contributed by atoms with van der Waals surface area (Å²) in [5, 5.41) is 0. The standard InChI is InChI=1S/C15H20O3/c1-14(2)13-9-11-16-15(17-13,18-14)10-8-12-6-4-3-5-7-12/h3-7,13H,8-11H2,1-2H3. The maximum absolute atomic E-state index is 6.04. The molecule has 1 aromatic carbocycles. The van der Waals surface area contributed by atoms with E-state index in [-0.39, 0.29) is 11.7 Å². The van der Waals surface area contributed by atoms with Gasteiger partial charge in [-0.15, -0.1) is 0 Å². The lowest BCUT2D eigenvalue weighted by molar-refractivity contribution is -0.363. The summed E-state index contributed by atoms with van der Waals surface area (Å²) in [6.07, 6.45) is 2.72. The van der Waals surface area contributed by atoms with E-state index in [1.165, 1.54) is 5.56 Å². The number of ether oxygens (including phenoxy) is 3. The monoisotopic (exact) mass is 248 g/mol.